The first-order chi connectivity index (χ1) is 17.7. The molecule has 0 spiro atoms. The molecule has 7 aromatic rings. The fourth-order valence-corrected chi connectivity index (χ4v) is 5.02. The maximum absolute atomic E-state index is 6.38. The van der Waals surface area contributed by atoms with E-state index in [0.717, 1.165) is 55.0 Å². The first kappa shape index (κ1) is 20.8. The Bertz CT molecular complexity index is 1910. The minimum absolute atomic E-state index is 0.163. The molecule has 0 unspecified atom stereocenters. The molecular weight excluding hydrogens is 466 g/mol. The molecule has 0 N–H and O–H groups in total. The number of furan rings is 1. The Hall–Kier alpha value is -4.54. The van der Waals surface area contributed by atoms with Gasteiger partial charge in [0.05, 0.1) is 0 Å². The summed E-state index contributed by atoms with van der Waals surface area (Å²) in [4.78, 5) is 13.7. The van der Waals surface area contributed by atoms with Crippen LogP contribution in [0, 0.1) is 0 Å². The molecule has 0 radical (unpaired) electrons. The van der Waals surface area contributed by atoms with Gasteiger partial charge in [0.25, 0.3) is 0 Å². The second kappa shape index (κ2) is 8.29. The summed E-state index contributed by atoms with van der Waals surface area (Å²) in [6, 6.07) is 36.7. The van der Waals surface area contributed by atoms with Crippen LogP contribution in [-0.2, 0) is 0 Å². The summed E-state index contributed by atoms with van der Waals surface area (Å²) in [6.07, 6.45) is 0. The van der Waals surface area contributed by atoms with Crippen LogP contribution in [0.1, 0.15) is 0 Å². The molecule has 36 heavy (non-hydrogen) atoms. The van der Waals surface area contributed by atoms with Crippen LogP contribution in [0.15, 0.2) is 114 Å². The van der Waals surface area contributed by atoms with Crippen molar-refractivity contribution in [1.29, 1.82) is 0 Å². The van der Waals surface area contributed by atoms with E-state index in [4.69, 9.17) is 21.0 Å². The van der Waals surface area contributed by atoms with Gasteiger partial charge in [-0.25, -0.2) is 4.98 Å². The van der Waals surface area contributed by atoms with Gasteiger partial charge in [-0.2, -0.15) is 9.97 Å². The Morgan fingerprint density at radius 1 is 0.528 bits per heavy atom. The second-order valence-corrected chi connectivity index (χ2v) is 8.98. The molecule has 0 aliphatic rings. The number of nitrogens with zero attached hydrogens (tertiary/aromatic N) is 3. The Balaban J connectivity index is 1.51. The first-order valence-corrected chi connectivity index (χ1v) is 12.0. The van der Waals surface area contributed by atoms with Gasteiger partial charge in [-0.3, -0.25) is 0 Å². The summed E-state index contributed by atoms with van der Waals surface area (Å²) < 4.78 is 6.17. The van der Waals surface area contributed by atoms with Crippen LogP contribution < -0.4 is 0 Å². The highest BCUT2D eigenvalue weighted by molar-refractivity contribution is 6.28. The lowest BCUT2D eigenvalue weighted by Crippen LogP contribution is -1.97. The molecule has 7 rings (SSSR count). The molecular formula is C31H18ClN3O. The number of hydrogen-bond acceptors (Lipinski definition) is 4. The van der Waals surface area contributed by atoms with Crippen molar-refractivity contribution in [3.05, 3.63) is 114 Å². The van der Waals surface area contributed by atoms with E-state index in [1.165, 1.54) is 0 Å². The molecule has 0 fully saturated rings. The van der Waals surface area contributed by atoms with Gasteiger partial charge in [0, 0.05) is 21.9 Å². The molecule has 0 aliphatic heterocycles. The topological polar surface area (TPSA) is 51.8 Å². The van der Waals surface area contributed by atoms with Gasteiger partial charge < -0.3 is 4.42 Å². The van der Waals surface area contributed by atoms with E-state index in [1.54, 1.807) is 0 Å². The zero-order valence-electron chi connectivity index (χ0n) is 19.0. The highest BCUT2D eigenvalue weighted by Crippen LogP contribution is 2.40. The quantitative estimate of drug-likeness (QED) is 0.252. The average molecular weight is 484 g/mol. The molecule has 4 nitrogen and oxygen atoms in total. The van der Waals surface area contributed by atoms with E-state index < -0.39 is 0 Å². The maximum atomic E-state index is 6.38. The monoisotopic (exact) mass is 483 g/mol. The normalized spacial score (nSPS) is 11.5. The molecule has 0 atom stereocenters. The van der Waals surface area contributed by atoms with Crippen LogP contribution in [0.3, 0.4) is 0 Å². The molecule has 5 heteroatoms. The Morgan fingerprint density at radius 2 is 1.22 bits per heavy atom. The summed E-state index contributed by atoms with van der Waals surface area (Å²) in [5.74, 6) is 1.08. The lowest BCUT2D eigenvalue weighted by Gasteiger charge is -2.12. The molecule has 0 saturated carbocycles. The summed E-state index contributed by atoms with van der Waals surface area (Å²) in [7, 11) is 0. The van der Waals surface area contributed by atoms with Gasteiger partial charge in [0.15, 0.2) is 11.6 Å². The third-order valence-corrected chi connectivity index (χ3v) is 6.62. The first-order valence-electron chi connectivity index (χ1n) is 11.7. The van der Waals surface area contributed by atoms with E-state index in [2.05, 4.69) is 52.4 Å². The van der Waals surface area contributed by atoms with Gasteiger partial charge in [-0.1, -0.05) is 84.9 Å². The smallest absolute Gasteiger partial charge is 0.226 e. The summed E-state index contributed by atoms with van der Waals surface area (Å²) >= 11 is 6.38. The highest BCUT2D eigenvalue weighted by atomic mass is 35.5. The van der Waals surface area contributed by atoms with Gasteiger partial charge in [0.2, 0.25) is 5.28 Å². The van der Waals surface area contributed by atoms with E-state index in [-0.39, 0.29) is 5.28 Å². The van der Waals surface area contributed by atoms with Crippen molar-refractivity contribution in [2.24, 2.45) is 0 Å². The number of para-hydroxylation sites is 1. The third kappa shape index (κ3) is 3.43. The average Bonchev–Trinajstić information content (AvgIpc) is 3.31. The van der Waals surface area contributed by atoms with Crippen LogP contribution >= 0.6 is 11.6 Å². The molecule has 5 aromatic carbocycles. The Labute approximate surface area is 211 Å². The maximum Gasteiger partial charge on any atom is 0.226 e. The molecule has 0 bridgehead atoms. The lowest BCUT2D eigenvalue weighted by molar-refractivity contribution is 0.669. The summed E-state index contributed by atoms with van der Waals surface area (Å²) in [6.45, 7) is 0. The predicted octanol–water partition coefficient (Wildman–Crippen LogP) is 8.58. The number of rotatable bonds is 3. The SMILES string of the molecule is Clc1nc(-c2ccccc2)nc(-c2cc(-c3cccc4oc5ccccc5c34)c3ccccc3c2)n1. The minimum Gasteiger partial charge on any atom is -0.456 e. The highest BCUT2D eigenvalue weighted by Gasteiger charge is 2.17. The molecule has 170 valence electrons. The van der Waals surface area contributed by atoms with Gasteiger partial charge in [0.1, 0.15) is 11.2 Å². The molecule has 0 saturated heterocycles. The zero-order valence-corrected chi connectivity index (χ0v) is 19.8. The second-order valence-electron chi connectivity index (χ2n) is 8.64. The van der Waals surface area contributed by atoms with Crippen molar-refractivity contribution in [1.82, 2.24) is 15.0 Å². The van der Waals surface area contributed by atoms with Crippen molar-refractivity contribution < 1.29 is 4.42 Å². The van der Waals surface area contributed by atoms with Crippen LogP contribution in [0.25, 0.3) is 66.6 Å². The predicted molar refractivity (Wildman–Crippen MR) is 146 cm³/mol. The number of fused-ring (bicyclic) bond motifs is 4. The van der Waals surface area contributed by atoms with Crippen molar-refractivity contribution in [2.75, 3.05) is 0 Å². The zero-order chi connectivity index (χ0) is 24.1. The van der Waals surface area contributed by atoms with Gasteiger partial charge in [-0.15, -0.1) is 0 Å². The van der Waals surface area contributed by atoms with Crippen LogP contribution in [-0.4, -0.2) is 15.0 Å². The fourth-order valence-electron chi connectivity index (χ4n) is 4.86. The van der Waals surface area contributed by atoms with E-state index in [1.807, 2.05) is 66.7 Å². The summed E-state index contributed by atoms with van der Waals surface area (Å²) in [5, 5.41) is 4.58. The van der Waals surface area contributed by atoms with E-state index >= 15 is 0 Å². The van der Waals surface area contributed by atoms with E-state index in [9.17, 15) is 0 Å². The number of benzene rings is 5. The van der Waals surface area contributed by atoms with Crippen molar-refractivity contribution in [3.63, 3.8) is 0 Å². The lowest BCUT2D eigenvalue weighted by atomic mass is 9.92. The molecule has 2 aromatic heterocycles. The largest absolute Gasteiger partial charge is 0.456 e. The number of halogens is 1. The molecule has 2 heterocycles. The van der Waals surface area contributed by atoms with Crippen LogP contribution in [0.5, 0.6) is 0 Å². The summed E-state index contributed by atoms with van der Waals surface area (Å²) in [5.41, 5.74) is 5.67. The van der Waals surface area contributed by atoms with Crippen LogP contribution in [0.2, 0.25) is 5.28 Å². The van der Waals surface area contributed by atoms with Crippen LogP contribution in [0.4, 0.5) is 0 Å². The third-order valence-electron chi connectivity index (χ3n) is 6.45. The minimum atomic E-state index is 0.163. The standard InChI is InChI=1S/C31H18ClN3O/c32-31-34-29(19-9-2-1-3-10-19)33-30(35-31)21-17-20-11-4-5-12-22(20)25(18-21)23-14-8-16-27-28(23)24-13-6-7-15-26(24)36-27/h1-18H. The van der Waals surface area contributed by atoms with Crippen molar-refractivity contribution in [3.8, 4) is 33.9 Å². The molecule has 0 aliphatic carbocycles. The fraction of sp³-hybridized carbons (Fsp3) is 0. The van der Waals surface area contributed by atoms with Gasteiger partial charge in [-0.05, 0) is 57.8 Å². The number of hydrogen-bond donors (Lipinski definition) is 0. The Kier molecular flexibility index (Phi) is 4.79. The Morgan fingerprint density at radius 3 is 2.08 bits per heavy atom. The van der Waals surface area contributed by atoms with Crippen molar-refractivity contribution in [2.45, 2.75) is 0 Å². The van der Waals surface area contributed by atoms with E-state index in [0.29, 0.717) is 11.6 Å². The van der Waals surface area contributed by atoms with Gasteiger partial charge >= 0.3 is 0 Å². The molecule has 0 amide bonds. The van der Waals surface area contributed by atoms with Crippen molar-refractivity contribution >= 4 is 44.3 Å². The number of aromatic nitrogens is 3.